The highest BCUT2D eigenvalue weighted by Gasteiger charge is 2.18. The summed E-state index contributed by atoms with van der Waals surface area (Å²) in [5.74, 6) is 0.0214. The van der Waals surface area contributed by atoms with E-state index in [2.05, 4.69) is 6.07 Å². The molecule has 17 heavy (non-hydrogen) atoms. The molecule has 0 spiro atoms. The summed E-state index contributed by atoms with van der Waals surface area (Å²) in [5.41, 5.74) is 1.53. The zero-order chi connectivity index (χ0) is 12.1. The topological polar surface area (TPSA) is 53.3 Å². The summed E-state index contributed by atoms with van der Waals surface area (Å²) in [4.78, 5) is 13.9. The summed E-state index contributed by atoms with van der Waals surface area (Å²) in [6.07, 6.45) is 0.338. The van der Waals surface area contributed by atoms with Gasteiger partial charge in [0.25, 0.3) is 5.91 Å². The van der Waals surface area contributed by atoms with Gasteiger partial charge in [-0.1, -0.05) is 12.1 Å². The van der Waals surface area contributed by atoms with Crippen molar-refractivity contribution in [3.63, 3.8) is 0 Å². The van der Waals surface area contributed by atoms with Gasteiger partial charge < -0.3 is 9.64 Å². The largest absolute Gasteiger partial charge is 0.378 e. The van der Waals surface area contributed by atoms with Crippen LogP contribution in [-0.4, -0.2) is 37.1 Å². The minimum atomic E-state index is 0.0214. The Morgan fingerprint density at radius 2 is 2.18 bits per heavy atom. The number of amides is 1. The van der Waals surface area contributed by atoms with E-state index in [1.165, 1.54) is 0 Å². The minimum Gasteiger partial charge on any atom is -0.378 e. The number of nitriles is 1. The molecule has 0 saturated carbocycles. The van der Waals surface area contributed by atoms with Gasteiger partial charge >= 0.3 is 0 Å². The third-order valence-corrected chi connectivity index (χ3v) is 2.76. The maximum absolute atomic E-state index is 12.1. The van der Waals surface area contributed by atoms with Crippen molar-refractivity contribution in [3.05, 3.63) is 35.4 Å². The van der Waals surface area contributed by atoms with Crippen LogP contribution in [0.4, 0.5) is 0 Å². The number of ether oxygens (including phenoxy) is 1. The highest BCUT2D eigenvalue weighted by atomic mass is 16.5. The lowest BCUT2D eigenvalue weighted by atomic mass is 10.1. The van der Waals surface area contributed by atoms with Crippen LogP contribution in [0.15, 0.2) is 24.3 Å². The standard InChI is InChI=1S/C13H14N2O2/c14-5-4-11-2-1-3-12(10-11)13(16)15-6-8-17-9-7-15/h1-3,10H,4,6-9H2. The van der Waals surface area contributed by atoms with Gasteiger partial charge in [-0.05, 0) is 17.7 Å². The quantitative estimate of drug-likeness (QED) is 0.767. The second-order valence-corrected chi connectivity index (χ2v) is 3.94. The summed E-state index contributed by atoms with van der Waals surface area (Å²) in [6, 6.07) is 9.35. The first-order valence-corrected chi connectivity index (χ1v) is 5.64. The van der Waals surface area contributed by atoms with Gasteiger partial charge in [0.1, 0.15) is 0 Å². The van der Waals surface area contributed by atoms with Crippen molar-refractivity contribution in [1.29, 1.82) is 5.26 Å². The molecule has 88 valence electrons. The van der Waals surface area contributed by atoms with Gasteiger partial charge in [-0.3, -0.25) is 4.79 Å². The maximum atomic E-state index is 12.1. The zero-order valence-corrected chi connectivity index (χ0v) is 9.56. The Bertz CT molecular complexity index is 445. The SMILES string of the molecule is N#CCc1cccc(C(=O)N2CCOCC2)c1. The molecule has 1 heterocycles. The normalized spacial score (nSPS) is 15.4. The number of hydrogen-bond acceptors (Lipinski definition) is 3. The average molecular weight is 230 g/mol. The lowest BCUT2D eigenvalue weighted by Crippen LogP contribution is -2.40. The molecule has 0 atom stereocenters. The molecule has 0 unspecified atom stereocenters. The van der Waals surface area contributed by atoms with Gasteiger partial charge in [-0.2, -0.15) is 5.26 Å². The van der Waals surface area contributed by atoms with Crippen LogP contribution in [-0.2, 0) is 11.2 Å². The average Bonchev–Trinajstić information content (AvgIpc) is 2.40. The number of hydrogen-bond donors (Lipinski definition) is 0. The molecule has 0 bridgehead atoms. The number of rotatable bonds is 2. The number of nitrogens with zero attached hydrogens (tertiary/aromatic N) is 2. The summed E-state index contributed by atoms with van der Waals surface area (Å²) in [7, 11) is 0. The van der Waals surface area contributed by atoms with E-state index in [-0.39, 0.29) is 5.91 Å². The van der Waals surface area contributed by atoms with Crippen LogP contribution in [0.1, 0.15) is 15.9 Å². The van der Waals surface area contributed by atoms with Crippen molar-refractivity contribution in [3.8, 4) is 6.07 Å². The Labute approximate surface area is 100 Å². The van der Waals surface area contributed by atoms with Crippen molar-refractivity contribution in [2.24, 2.45) is 0 Å². The Balaban J connectivity index is 2.13. The van der Waals surface area contributed by atoms with Gasteiger partial charge in [-0.15, -0.1) is 0 Å². The van der Waals surface area contributed by atoms with Crippen LogP contribution in [0.25, 0.3) is 0 Å². The summed E-state index contributed by atoms with van der Waals surface area (Å²) in [5, 5.41) is 8.64. The molecule has 1 fully saturated rings. The predicted molar refractivity (Wildman–Crippen MR) is 62.5 cm³/mol. The molecule has 0 N–H and O–H groups in total. The third-order valence-electron chi connectivity index (χ3n) is 2.76. The molecule has 0 aromatic heterocycles. The molecule has 4 nitrogen and oxygen atoms in total. The molecule has 1 amide bonds. The smallest absolute Gasteiger partial charge is 0.254 e. The summed E-state index contributed by atoms with van der Waals surface area (Å²) >= 11 is 0. The Kier molecular flexibility index (Phi) is 3.73. The molecule has 4 heteroatoms. The van der Waals surface area contributed by atoms with E-state index < -0.39 is 0 Å². The molecular formula is C13H14N2O2. The van der Waals surface area contributed by atoms with Crippen molar-refractivity contribution in [1.82, 2.24) is 4.90 Å². The van der Waals surface area contributed by atoms with Crippen LogP contribution in [0.2, 0.25) is 0 Å². The van der Waals surface area contributed by atoms with Gasteiger partial charge in [-0.25, -0.2) is 0 Å². The highest BCUT2D eigenvalue weighted by Crippen LogP contribution is 2.10. The van der Waals surface area contributed by atoms with E-state index in [4.69, 9.17) is 10.00 Å². The monoisotopic (exact) mass is 230 g/mol. The Morgan fingerprint density at radius 1 is 1.41 bits per heavy atom. The van der Waals surface area contributed by atoms with E-state index in [1.54, 1.807) is 17.0 Å². The van der Waals surface area contributed by atoms with Gasteiger partial charge in [0.15, 0.2) is 0 Å². The van der Waals surface area contributed by atoms with E-state index in [0.29, 0.717) is 38.3 Å². The van der Waals surface area contributed by atoms with Gasteiger partial charge in [0.2, 0.25) is 0 Å². The lowest BCUT2D eigenvalue weighted by Gasteiger charge is -2.26. The van der Waals surface area contributed by atoms with Crippen molar-refractivity contribution >= 4 is 5.91 Å². The second-order valence-electron chi connectivity index (χ2n) is 3.94. The van der Waals surface area contributed by atoms with Crippen LogP contribution in [0, 0.1) is 11.3 Å². The molecule has 1 aliphatic heterocycles. The fraction of sp³-hybridized carbons (Fsp3) is 0.385. The maximum Gasteiger partial charge on any atom is 0.254 e. The summed E-state index contributed by atoms with van der Waals surface area (Å²) < 4.78 is 5.21. The van der Waals surface area contributed by atoms with Crippen molar-refractivity contribution in [2.75, 3.05) is 26.3 Å². The van der Waals surface area contributed by atoms with Crippen LogP contribution in [0.5, 0.6) is 0 Å². The summed E-state index contributed by atoms with van der Waals surface area (Å²) in [6.45, 7) is 2.48. The Morgan fingerprint density at radius 3 is 2.88 bits per heavy atom. The van der Waals surface area contributed by atoms with Crippen LogP contribution < -0.4 is 0 Å². The number of carbonyl (C=O) groups is 1. The fourth-order valence-electron chi connectivity index (χ4n) is 1.85. The van der Waals surface area contributed by atoms with Crippen molar-refractivity contribution in [2.45, 2.75) is 6.42 Å². The highest BCUT2D eigenvalue weighted by molar-refractivity contribution is 5.94. The molecule has 0 radical (unpaired) electrons. The molecule has 2 rings (SSSR count). The lowest BCUT2D eigenvalue weighted by molar-refractivity contribution is 0.0303. The molecule has 1 aliphatic rings. The molecule has 1 aromatic carbocycles. The van der Waals surface area contributed by atoms with E-state index >= 15 is 0 Å². The fourth-order valence-corrected chi connectivity index (χ4v) is 1.85. The van der Waals surface area contributed by atoms with Crippen LogP contribution >= 0.6 is 0 Å². The van der Waals surface area contributed by atoms with Crippen LogP contribution in [0.3, 0.4) is 0 Å². The zero-order valence-electron chi connectivity index (χ0n) is 9.56. The van der Waals surface area contributed by atoms with Gasteiger partial charge in [0.05, 0.1) is 25.7 Å². The third kappa shape index (κ3) is 2.83. The Hall–Kier alpha value is -1.86. The van der Waals surface area contributed by atoms with Gasteiger partial charge in [0, 0.05) is 18.7 Å². The molecule has 0 aliphatic carbocycles. The molecule has 1 aromatic rings. The molecule has 1 saturated heterocycles. The first-order valence-electron chi connectivity index (χ1n) is 5.64. The second kappa shape index (κ2) is 5.46. The molecular weight excluding hydrogens is 216 g/mol. The van der Waals surface area contributed by atoms with E-state index in [1.807, 2.05) is 12.1 Å². The first-order chi connectivity index (χ1) is 8.31. The number of carbonyl (C=O) groups excluding carboxylic acids is 1. The first kappa shape index (κ1) is 11.6. The number of morpholine rings is 1. The number of benzene rings is 1. The van der Waals surface area contributed by atoms with Crippen molar-refractivity contribution < 1.29 is 9.53 Å². The van der Waals surface area contributed by atoms with E-state index in [0.717, 1.165) is 5.56 Å². The van der Waals surface area contributed by atoms with E-state index in [9.17, 15) is 4.79 Å². The predicted octanol–water partition coefficient (Wildman–Crippen LogP) is 1.23. The minimum absolute atomic E-state index is 0.0214.